The Balaban J connectivity index is 1.21. The van der Waals surface area contributed by atoms with E-state index >= 15 is 0 Å². The fourth-order valence-electron chi connectivity index (χ4n) is 7.39. The summed E-state index contributed by atoms with van der Waals surface area (Å²) in [6.07, 6.45) is 1.89. The Kier molecular flexibility index (Phi) is 5.51. The van der Waals surface area contributed by atoms with Crippen molar-refractivity contribution < 1.29 is 4.42 Å². The van der Waals surface area contributed by atoms with E-state index in [9.17, 15) is 0 Å². The molecule has 0 fully saturated rings. The van der Waals surface area contributed by atoms with E-state index in [1.165, 1.54) is 80.3 Å². The number of thiophene rings is 1. The fraction of sp³-hybridized carbons (Fsp3) is 0. The van der Waals surface area contributed by atoms with Crippen LogP contribution in [0.3, 0.4) is 0 Å². The van der Waals surface area contributed by atoms with Crippen molar-refractivity contribution in [2.75, 3.05) is 0 Å². The zero-order chi connectivity index (χ0) is 30.2. The van der Waals surface area contributed by atoms with Gasteiger partial charge in [-0.05, 0) is 84.4 Å². The van der Waals surface area contributed by atoms with Crippen molar-refractivity contribution >= 4 is 74.8 Å². The molecule has 10 rings (SSSR count). The van der Waals surface area contributed by atoms with Gasteiger partial charge >= 0.3 is 0 Å². The molecule has 0 N–H and O–H groups in total. The van der Waals surface area contributed by atoms with Crippen LogP contribution in [-0.2, 0) is 0 Å². The van der Waals surface area contributed by atoms with Gasteiger partial charge in [-0.15, -0.1) is 11.3 Å². The molecule has 2 heteroatoms. The molecule has 0 radical (unpaired) electrons. The monoisotopic (exact) mass is 602 g/mol. The van der Waals surface area contributed by atoms with Crippen LogP contribution in [0.4, 0.5) is 0 Å². The molecule has 0 saturated heterocycles. The summed E-state index contributed by atoms with van der Waals surface area (Å²) in [6, 6.07) is 55.4. The maximum atomic E-state index is 6.07. The van der Waals surface area contributed by atoms with E-state index in [1.54, 1.807) is 0 Å². The predicted molar refractivity (Wildman–Crippen MR) is 198 cm³/mol. The van der Waals surface area contributed by atoms with E-state index in [0.29, 0.717) is 0 Å². The van der Waals surface area contributed by atoms with Gasteiger partial charge in [0.05, 0.1) is 6.26 Å². The Hall–Kier alpha value is -5.70. The fourth-order valence-corrected chi connectivity index (χ4v) is 8.55. The third kappa shape index (κ3) is 3.81. The van der Waals surface area contributed by atoms with Gasteiger partial charge in [0.25, 0.3) is 0 Å². The summed E-state index contributed by atoms with van der Waals surface area (Å²) in [4.78, 5) is 0. The van der Waals surface area contributed by atoms with Gasteiger partial charge in [-0.25, -0.2) is 0 Å². The van der Waals surface area contributed by atoms with Crippen molar-refractivity contribution in [3.8, 4) is 33.4 Å². The van der Waals surface area contributed by atoms with Crippen LogP contribution in [-0.4, -0.2) is 0 Å². The van der Waals surface area contributed by atoms with Crippen LogP contribution < -0.4 is 0 Å². The van der Waals surface area contributed by atoms with Gasteiger partial charge < -0.3 is 4.42 Å². The van der Waals surface area contributed by atoms with Crippen LogP contribution in [0.5, 0.6) is 0 Å². The summed E-state index contributed by atoms with van der Waals surface area (Å²) in [5, 5.41) is 11.3. The van der Waals surface area contributed by atoms with Crippen molar-refractivity contribution in [2.24, 2.45) is 0 Å². The van der Waals surface area contributed by atoms with Gasteiger partial charge in [-0.2, -0.15) is 0 Å². The number of furan rings is 1. The Morgan fingerprint density at radius 3 is 1.67 bits per heavy atom. The Morgan fingerprint density at radius 2 is 0.957 bits per heavy atom. The van der Waals surface area contributed by atoms with Crippen molar-refractivity contribution in [2.45, 2.75) is 0 Å². The van der Waals surface area contributed by atoms with Crippen molar-refractivity contribution in [3.63, 3.8) is 0 Å². The smallest absolute Gasteiger partial charge is 0.135 e. The Morgan fingerprint density at radius 1 is 0.370 bits per heavy atom. The van der Waals surface area contributed by atoms with Gasteiger partial charge in [0.1, 0.15) is 5.58 Å². The number of fused-ring (bicyclic) bond motifs is 7. The molecule has 0 bridgehead atoms. The number of rotatable bonds is 3. The quantitative estimate of drug-likeness (QED) is 0.183. The summed E-state index contributed by atoms with van der Waals surface area (Å²) in [5.41, 5.74) is 8.31. The largest absolute Gasteiger partial charge is 0.464 e. The molecule has 0 aliphatic heterocycles. The molecule has 0 amide bonds. The molecule has 0 unspecified atom stereocenters. The average Bonchev–Trinajstić information content (AvgIpc) is 3.69. The van der Waals surface area contributed by atoms with Gasteiger partial charge in [0.15, 0.2) is 0 Å². The molecule has 214 valence electrons. The first kappa shape index (κ1) is 25.6. The molecule has 0 aliphatic carbocycles. The molecule has 46 heavy (non-hydrogen) atoms. The second-order valence-corrected chi connectivity index (χ2v) is 13.2. The van der Waals surface area contributed by atoms with Crippen molar-refractivity contribution in [1.29, 1.82) is 0 Å². The van der Waals surface area contributed by atoms with Crippen molar-refractivity contribution in [1.82, 2.24) is 0 Å². The summed E-state index contributed by atoms with van der Waals surface area (Å²) in [5.74, 6) is 0. The summed E-state index contributed by atoms with van der Waals surface area (Å²) >= 11 is 1.84. The molecular weight excluding hydrogens is 577 g/mol. The molecule has 8 aromatic carbocycles. The lowest BCUT2D eigenvalue weighted by Crippen LogP contribution is -1.90. The third-order valence-corrected chi connectivity index (χ3v) is 10.6. The maximum Gasteiger partial charge on any atom is 0.135 e. The molecule has 10 aromatic rings. The number of hydrogen-bond donors (Lipinski definition) is 0. The second kappa shape index (κ2) is 9.90. The highest BCUT2D eigenvalue weighted by Crippen LogP contribution is 2.46. The first-order valence-electron chi connectivity index (χ1n) is 15.7. The van der Waals surface area contributed by atoms with E-state index in [1.807, 2.05) is 17.6 Å². The summed E-state index contributed by atoms with van der Waals surface area (Å²) < 4.78 is 8.61. The molecule has 0 spiro atoms. The minimum atomic E-state index is 0.930. The zero-order valence-electron chi connectivity index (χ0n) is 24.8. The first-order valence-corrected chi connectivity index (χ1v) is 16.5. The van der Waals surface area contributed by atoms with E-state index in [2.05, 4.69) is 152 Å². The average molecular weight is 603 g/mol. The SMILES string of the molecule is c1ccc(-c2coc3cc4sc5cc(-c6c7ccccc7c(-c7ccc8ccccc8c7)c7ccccc67)ccc5c4cc23)cc1. The van der Waals surface area contributed by atoms with Crippen LogP contribution in [0.1, 0.15) is 0 Å². The zero-order valence-corrected chi connectivity index (χ0v) is 25.6. The molecule has 0 aliphatic rings. The minimum Gasteiger partial charge on any atom is -0.464 e. The third-order valence-electron chi connectivity index (χ3n) is 9.51. The lowest BCUT2D eigenvalue weighted by molar-refractivity contribution is 0.617. The van der Waals surface area contributed by atoms with E-state index in [-0.39, 0.29) is 0 Å². The van der Waals surface area contributed by atoms with Crippen LogP contribution in [0.15, 0.2) is 162 Å². The number of benzene rings is 8. The van der Waals surface area contributed by atoms with Gasteiger partial charge in [-0.1, -0.05) is 127 Å². The highest BCUT2D eigenvalue weighted by atomic mass is 32.1. The summed E-state index contributed by atoms with van der Waals surface area (Å²) in [7, 11) is 0. The van der Waals surface area contributed by atoms with Crippen LogP contribution in [0.25, 0.3) is 96.8 Å². The summed E-state index contributed by atoms with van der Waals surface area (Å²) in [6.45, 7) is 0. The first-order chi connectivity index (χ1) is 22.8. The standard InChI is InChI=1S/C44H26OS/c1-2-11-28(12-3-1)39-26-45-40-25-42-38(24-37(39)40)32-21-20-31(23-41(32)46-42)44-35-16-8-6-14-33(35)43(34-15-7-9-17-36(34)44)30-19-18-27-10-4-5-13-29(27)22-30/h1-26H. The minimum absolute atomic E-state index is 0.930. The maximum absolute atomic E-state index is 6.07. The van der Waals surface area contributed by atoms with Crippen LogP contribution in [0, 0.1) is 0 Å². The molecule has 2 aromatic heterocycles. The van der Waals surface area contributed by atoms with E-state index in [0.717, 1.165) is 16.5 Å². The highest BCUT2D eigenvalue weighted by Gasteiger charge is 2.18. The Labute approximate surface area is 269 Å². The lowest BCUT2D eigenvalue weighted by Gasteiger charge is -2.18. The normalized spacial score (nSPS) is 11.9. The molecule has 1 nitrogen and oxygen atoms in total. The molecule has 2 heterocycles. The van der Waals surface area contributed by atoms with Crippen LogP contribution in [0.2, 0.25) is 0 Å². The van der Waals surface area contributed by atoms with Gasteiger partial charge in [0.2, 0.25) is 0 Å². The van der Waals surface area contributed by atoms with Gasteiger partial charge in [-0.3, -0.25) is 0 Å². The van der Waals surface area contributed by atoms with E-state index < -0.39 is 0 Å². The predicted octanol–water partition coefficient (Wildman–Crippen LogP) is 13.3. The number of hydrogen-bond acceptors (Lipinski definition) is 2. The highest BCUT2D eigenvalue weighted by molar-refractivity contribution is 7.25. The lowest BCUT2D eigenvalue weighted by atomic mass is 9.85. The second-order valence-electron chi connectivity index (χ2n) is 12.1. The van der Waals surface area contributed by atoms with Crippen molar-refractivity contribution in [3.05, 3.63) is 158 Å². The van der Waals surface area contributed by atoms with Crippen LogP contribution >= 0.6 is 11.3 Å². The Bertz CT molecular complexity index is 2740. The van der Waals surface area contributed by atoms with E-state index in [4.69, 9.17) is 4.42 Å². The van der Waals surface area contributed by atoms with Gasteiger partial charge in [0, 0.05) is 31.1 Å². The topological polar surface area (TPSA) is 13.1 Å². The molecular formula is C44H26OS. The molecule has 0 saturated carbocycles. The molecule has 0 atom stereocenters.